The maximum atomic E-state index is 12.1. The Morgan fingerprint density at radius 2 is 1.52 bits per heavy atom. The second-order valence-corrected chi connectivity index (χ2v) is 4.42. The van der Waals surface area contributed by atoms with Gasteiger partial charge in [0.1, 0.15) is 0 Å². The fourth-order valence-electron chi connectivity index (χ4n) is 1.67. The van der Waals surface area contributed by atoms with E-state index in [1.807, 2.05) is 12.1 Å². The number of ketones is 1. The molecule has 0 saturated heterocycles. The van der Waals surface area contributed by atoms with Gasteiger partial charge in [0, 0.05) is 5.69 Å². The molecule has 2 aromatic carbocycles. The minimum absolute atomic E-state index is 0.358. The number of nitrogens with zero attached hydrogens (tertiary/aromatic N) is 2. The van der Waals surface area contributed by atoms with Crippen LogP contribution >= 0.6 is 0 Å². The minimum atomic E-state index is -1.15. The smallest absolute Gasteiger partial charge is 0.258 e. The molecule has 106 valence electrons. The quantitative estimate of drug-likeness (QED) is 0.674. The lowest BCUT2D eigenvalue weighted by Crippen LogP contribution is -2.31. The third-order valence-corrected chi connectivity index (χ3v) is 2.72. The van der Waals surface area contributed by atoms with Crippen molar-refractivity contribution < 1.29 is 9.59 Å². The van der Waals surface area contributed by atoms with Gasteiger partial charge in [-0.15, -0.1) is 0 Å². The number of Topliss-reactive ketones (excluding diaryl/α,β-unsaturated/α-hetero) is 1. The number of carbonyl (C=O) groups excluding carboxylic acids is 2. The van der Waals surface area contributed by atoms with Crippen LogP contribution in [-0.4, -0.2) is 17.7 Å². The summed E-state index contributed by atoms with van der Waals surface area (Å²) in [5.74, 6) is -0.850. The van der Waals surface area contributed by atoms with Crippen molar-refractivity contribution in [3.05, 3.63) is 60.7 Å². The van der Waals surface area contributed by atoms with E-state index in [1.54, 1.807) is 48.5 Å². The SMILES string of the molecule is CC(=O)C(/N=N/c1ccccc1)C(=O)Nc1ccccc1. The Labute approximate surface area is 122 Å². The topological polar surface area (TPSA) is 70.9 Å². The molecule has 0 bridgehead atoms. The number of nitrogens with one attached hydrogen (secondary N) is 1. The molecule has 1 atom stereocenters. The van der Waals surface area contributed by atoms with Crippen LogP contribution in [0.1, 0.15) is 6.92 Å². The number of anilines is 1. The molecule has 0 radical (unpaired) electrons. The predicted octanol–water partition coefficient (Wildman–Crippen LogP) is 3.37. The van der Waals surface area contributed by atoms with E-state index in [-0.39, 0.29) is 5.78 Å². The Morgan fingerprint density at radius 1 is 0.952 bits per heavy atom. The molecule has 0 aliphatic heterocycles. The fraction of sp³-hybridized carbons (Fsp3) is 0.125. The fourth-order valence-corrected chi connectivity index (χ4v) is 1.67. The van der Waals surface area contributed by atoms with E-state index in [0.717, 1.165) is 0 Å². The molecule has 0 fully saturated rings. The van der Waals surface area contributed by atoms with Gasteiger partial charge in [-0.05, 0) is 31.2 Å². The Hall–Kier alpha value is -2.82. The zero-order valence-electron chi connectivity index (χ0n) is 11.6. The van der Waals surface area contributed by atoms with Gasteiger partial charge in [-0.2, -0.15) is 10.2 Å². The highest BCUT2D eigenvalue weighted by atomic mass is 16.2. The molecule has 1 N–H and O–H groups in total. The average Bonchev–Trinajstić information content (AvgIpc) is 2.49. The number of hydrogen-bond donors (Lipinski definition) is 1. The van der Waals surface area contributed by atoms with Crippen molar-refractivity contribution >= 4 is 23.1 Å². The highest BCUT2D eigenvalue weighted by molar-refractivity contribution is 6.10. The molecular formula is C16H15N3O2. The minimum Gasteiger partial charge on any atom is -0.324 e. The standard InChI is InChI=1S/C16H15N3O2/c1-12(20)15(19-18-14-10-6-3-7-11-14)16(21)17-13-8-4-2-5-9-13/h2-11,15H,1H3,(H,17,21)/b19-18+. The molecular weight excluding hydrogens is 266 g/mol. The molecule has 5 heteroatoms. The van der Waals surface area contributed by atoms with Crippen LogP contribution in [0, 0.1) is 0 Å². The van der Waals surface area contributed by atoms with Crippen molar-refractivity contribution in [2.75, 3.05) is 5.32 Å². The van der Waals surface area contributed by atoms with Gasteiger partial charge in [0.15, 0.2) is 5.78 Å². The summed E-state index contributed by atoms with van der Waals surface area (Å²) in [5.41, 5.74) is 1.21. The average molecular weight is 281 g/mol. The second kappa shape index (κ2) is 7.09. The van der Waals surface area contributed by atoms with Crippen molar-refractivity contribution in [3.63, 3.8) is 0 Å². The van der Waals surface area contributed by atoms with Crippen molar-refractivity contribution in [2.24, 2.45) is 10.2 Å². The molecule has 0 aromatic heterocycles. The van der Waals surface area contributed by atoms with Gasteiger partial charge in [-0.3, -0.25) is 9.59 Å². The number of benzene rings is 2. The molecule has 0 heterocycles. The summed E-state index contributed by atoms with van der Waals surface area (Å²) in [7, 11) is 0. The zero-order chi connectivity index (χ0) is 15.1. The Morgan fingerprint density at radius 3 is 2.10 bits per heavy atom. The van der Waals surface area contributed by atoms with Gasteiger partial charge in [0.25, 0.3) is 5.91 Å². The van der Waals surface area contributed by atoms with E-state index in [0.29, 0.717) is 11.4 Å². The first kappa shape index (κ1) is 14.6. The van der Waals surface area contributed by atoms with Crippen LogP contribution in [0.25, 0.3) is 0 Å². The largest absolute Gasteiger partial charge is 0.324 e. The van der Waals surface area contributed by atoms with Crippen molar-refractivity contribution in [1.29, 1.82) is 0 Å². The Kier molecular flexibility index (Phi) is 4.93. The first-order chi connectivity index (χ1) is 10.2. The van der Waals surface area contributed by atoms with Crippen LogP contribution in [-0.2, 0) is 9.59 Å². The van der Waals surface area contributed by atoms with Gasteiger partial charge in [0.2, 0.25) is 6.04 Å². The normalized spacial score (nSPS) is 12.0. The number of rotatable bonds is 5. The Balaban J connectivity index is 2.10. The van der Waals surface area contributed by atoms with Gasteiger partial charge in [-0.25, -0.2) is 0 Å². The third kappa shape index (κ3) is 4.35. The summed E-state index contributed by atoms with van der Waals surface area (Å²) < 4.78 is 0. The van der Waals surface area contributed by atoms with E-state index in [1.165, 1.54) is 6.92 Å². The van der Waals surface area contributed by atoms with E-state index in [4.69, 9.17) is 0 Å². The van der Waals surface area contributed by atoms with Crippen molar-refractivity contribution in [1.82, 2.24) is 0 Å². The molecule has 0 aliphatic carbocycles. The van der Waals surface area contributed by atoms with Gasteiger partial charge < -0.3 is 5.32 Å². The molecule has 0 aliphatic rings. The molecule has 0 spiro atoms. The molecule has 1 unspecified atom stereocenters. The number of carbonyl (C=O) groups is 2. The lowest BCUT2D eigenvalue weighted by molar-refractivity contribution is -0.126. The third-order valence-electron chi connectivity index (χ3n) is 2.72. The van der Waals surface area contributed by atoms with Crippen LogP contribution in [0.15, 0.2) is 70.9 Å². The number of hydrogen-bond acceptors (Lipinski definition) is 4. The maximum absolute atomic E-state index is 12.1. The van der Waals surface area contributed by atoms with Crippen LogP contribution < -0.4 is 5.32 Å². The molecule has 21 heavy (non-hydrogen) atoms. The van der Waals surface area contributed by atoms with E-state index >= 15 is 0 Å². The van der Waals surface area contributed by atoms with Gasteiger partial charge in [0.05, 0.1) is 5.69 Å². The van der Waals surface area contributed by atoms with Gasteiger partial charge in [-0.1, -0.05) is 36.4 Å². The predicted molar refractivity (Wildman–Crippen MR) is 80.5 cm³/mol. The van der Waals surface area contributed by atoms with E-state index in [9.17, 15) is 9.59 Å². The lowest BCUT2D eigenvalue weighted by Gasteiger charge is -2.09. The summed E-state index contributed by atoms with van der Waals surface area (Å²) in [4.78, 5) is 23.7. The first-order valence-corrected chi connectivity index (χ1v) is 6.49. The molecule has 2 aromatic rings. The summed E-state index contributed by atoms with van der Waals surface area (Å²) in [6.07, 6.45) is 0. The van der Waals surface area contributed by atoms with E-state index in [2.05, 4.69) is 15.5 Å². The Bertz CT molecular complexity index is 639. The van der Waals surface area contributed by atoms with Crippen LogP contribution in [0.2, 0.25) is 0 Å². The number of para-hydroxylation sites is 1. The van der Waals surface area contributed by atoms with E-state index < -0.39 is 11.9 Å². The number of azo groups is 1. The molecule has 2 rings (SSSR count). The highest BCUT2D eigenvalue weighted by Gasteiger charge is 2.23. The summed E-state index contributed by atoms with van der Waals surface area (Å²) in [6, 6.07) is 16.7. The van der Waals surface area contributed by atoms with Crippen LogP contribution in [0.3, 0.4) is 0 Å². The molecule has 0 saturated carbocycles. The maximum Gasteiger partial charge on any atom is 0.258 e. The summed E-state index contributed by atoms with van der Waals surface area (Å²) in [5, 5.41) is 10.4. The van der Waals surface area contributed by atoms with Crippen molar-refractivity contribution in [3.8, 4) is 0 Å². The molecule has 5 nitrogen and oxygen atoms in total. The lowest BCUT2D eigenvalue weighted by atomic mass is 10.2. The van der Waals surface area contributed by atoms with Crippen LogP contribution in [0.5, 0.6) is 0 Å². The monoisotopic (exact) mass is 281 g/mol. The summed E-state index contributed by atoms with van der Waals surface area (Å²) in [6.45, 7) is 1.32. The second-order valence-electron chi connectivity index (χ2n) is 4.42. The van der Waals surface area contributed by atoms with Crippen molar-refractivity contribution in [2.45, 2.75) is 13.0 Å². The zero-order valence-corrected chi connectivity index (χ0v) is 11.6. The van der Waals surface area contributed by atoms with Gasteiger partial charge >= 0.3 is 0 Å². The first-order valence-electron chi connectivity index (χ1n) is 6.49. The summed E-state index contributed by atoms with van der Waals surface area (Å²) >= 11 is 0. The molecule has 1 amide bonds. The highest BCUT2D eigenvalue weighted by Crippen LogP contribution is 2.13. The van der Waals surface area contributed by atoms with Crippen LogP contribution in [0.4, 0.5) is 11.4 Å². The number of amides is 1.